The van der Waals surface area contributed by atoms with E-state index in [2.05, 4.69) is 43.9 Å². The molecule has 1 aromatic carbocycles. The Morgan fingerprint density at radius 2 is 2.15 bits per heavy atom. The number of tetrazole rings is 1. The van der Waals surface area contributed by atoms with Crippen LogP contribution in [0.4, 0.5) is 0 Å². The zero-order valence-electron chi connectivity index (χ0n) is 13.9. The summed E-state index contributed by atoms with van der Waals surface area (Å²) in [4.78, 5) is 1.09. The highest BCUT2D eigenvalue weighted by molar-refractivity contribution is 7.13. The number of aromatic amines is 1. The lowest BCUT2D eigenvalue weighted by molar-refractivity contribution is 0.478. The van der Waals surface area contributed by atoms with Gasteiger partial charge in [0.05, 0.1) is 11.1 Å². The first-order valence-corrected chi connectivity index (χ1v) is 9.37. The van der Waals surface area contributed by atoms with Crippen molar-refractivity contribution in [3.63, 3.8) is 0 Å². The normalized spacial score (nSPS) is 13.1. The van der Waals surface area contributed by atoms with Crippen LogP contribution in [0.3, 0.4) is 0 Å². The Morgan fingerprint density at radius 1 is 1.15 bits per heavy atom. The Morgan fingerprint density at radius 3 is 3.00 bits per heavy atom. The van der Waals surface area contributed by atoms with E-state index in [-0.39, 0.29) is 0 Å². The lowest BCUT2D eigenvalue weighted by Gasteiger charge is -2.11. The summed E-state index contributed by atoms with van der Waals surface area (Å²) >= 11 is 1.65. The number of ether oxygens (including phenoxy) is 1. The molecular formula is C18H16N6OS. The van der Waals surface area contributed by atoms with Crippen LogP contribution in [0.2, 0.25) is 0 Å². The Kier molecular flexibility index (Phi) is 3.75. The van der Waals surface area contributed by atoms with Gasteiger partial charge in [0.2, 0.25) is 0 Å². The van der Waals surface area contributed by atoms with Gasteiger partial charge in [-0.3, -0.25) is 4.68 Å². The molecule has 0 aliphatic heterocycles. The number of fused-ring (bicyclic) bond motifs is 1. The Bertz CT molecular complexity index is 1020. The highest BCUT2D eigenvalue weighted by Crippen LogP contribution is 2.39. The summed E-state index contributed by atoms with van der Waals surface area (Å²) in [5.41, 5.74) is 3.63. The van der Waals surface area contributed by atoms with E-state index in [0.717, 1.165) is 34.9 Å². The maximum atomic E-state index is 6.34. The molecule has 0 amide bonds. The summed E-state index contributed by atoms with van der Waals surface area (Å²) in [7, 11) is 0. The summed E-state index contributed by atoms with van der Waals surface area (Å²) < 4.78 is 8.19. The maximum absolute atomic E-state index is 6.34. The second kappa shape index (κ2) is 6.38. The van der Waals surface area contributed by atoms with Crippen LogP contribution in [0.5, 0.6) is 11.5 Å². The highest BCUT2D eigenvalue weighted by Gasteiger charge is 2.21. The molecule has 0 saturated carbocycles. The molecule has 0 unspecified atom stereocenters. The van der Waals surface area contributed by atoms with Crippen molar-refractivity contribution < 1.29 is 4.74 Å². The molecule has 0 fully saturated rings. The second-order valence-electron chi connectivity index (χ2n) is 6.17. The molecule has 4 aromatic rings. The van der Waals surface area contributed by atoms with Crippen LogP contribution in [-0.4, -0.2) is 30.4 Å². The number of hydrogen-bond acceptors (Lipinski definition) is 6. The zero-order chi connectivity index (χ0) is 17.3. The standard InChI is InChI=1S/C18H16N6OS/c1-4-12-5-2-7-14(13(12)6-1)25-15-10-19-24(11-17-20-22-23-21-17)18(15)16-8-3-9-26-16/h2-3,5,7-10H,1,4,6,11H2,(H,20,21,22,23). The third-order valence-corrected chi connectivity index (χ3v) is 5.44. The predicted octanol–water partition coefficient (Wildman–Crippen LogP) is 3.45. The van der Waals surface area contributed by atoms with Gasteiger partial charge in [0, 0.05) is 0 Å². The Balaban J connectivity index is 1.55. The first-order chi connectivity index (χ1) is 12.9. The van der Waals surface area contributed by atoms with Crippen LogP contribution in [-0.2, 0) is 19.4 Å². The van der Waals surface area contributed by atoms with Gasteiger partial charge >= 0.3 is 0 Å². The second-order valence-corrected chi connectivity index (χ2v) is 7.12. The molecule has 5 rings (SSSR count). The van der Waals surface area contributed by atoms with Gasteiger partial charge in [0.1, 0.15) is 18.0 Å². The van der Waals surface area contributed by atoms with Gasteiger partial charge in [-0.05, 0) is 47.9 Å². The van der Waals surface area contributed by atoms with E-state index in [0.29, 0.717) is 12.4 Å². The number of hydrogen-bond donors (Lipinski definition) is 1. The number of H-pyrrole nitrogens is 1. The molecule has 0 saturated heterocycles. The van der Waals surface area contributed by atoms with Crippen LogP contribution in [0.15, 0.2) is 41.9 Å². The molecule has 0 spiro atoms. The third-order valence-electron chi connectivity index (χ3n) is 4.56. The van der Waals surface area contributed by atoms with Crippen LogP contribution >= 0.6 is 11.3 Å². The summed E-state index contributed by atoms with van der Waals surface area (Å²) in [6, 6.07) is 10.4. The minimum absolute atomic E-state index is 0.431. The van der Waals surface area contributed by atoms with Gasteiger partial charge in [-0.25, -0.2) is 0 Å². The molecule has 1 aliphatic carbocycles. The van der Waals surface area contributed by atoms with Crippen molar-refractivity contribution in [2.75, 3.05) is 0 Å². The topological polar surface area (TPSA) is 81.5 Å². The van der Waals surface area contributed by atoms with Gasteiger partial charge in [-0.15, -0.1) is 21.5 Å². The molecule has 3 heterocycles. The molecule has 130 valence electrons. The number of aryl methyl sites for hydroxylation is 1. The molecular weight excluding hydrogens is 348 g/mol. The van der Waals surface area contributed by atoms with Gasteiger partial charge in [0.15, 0.2) is 11.6 Å². The fourth-order valence-electron chi connectivity index (χ4n) is 3.41. The predicted molar refractivity (Wildman–Crippen MR) is 97.4 cm³/mol. The Labute approximate surface area is 153 Å². The van der Waals surface area contributed by atoms with E-state index in [4.69, 9.17) is 4.74 Å². The fraction of sp³-hybridized carbons (Fsp3) is 0.222. The van der Waals surface area contributed by atoms with Crippen molar-refractivity contribution in [2.45, 2.75) is 25.8 Å². The number of aromatic nitrogens is 6. The van der Waals surface area contributed by atoms with Gasteiger partial charge in [-0.2, -0.15) is 10.3 Å². The number of nitrogens with one attached hydrogen (secondary N) is 1. The van der Waals surface area contributed by atoms with Crippen molar-refractivity contribution >= 4 is 11.3 Å². The van der Waals surface area contributed by atoms with Crippen LogP contribution in [0.25, 0.3) is 10.6 Å². The molecule has 0 radical (unpaired) electrons. The molecule has 0 atom stereocenters. The van der Waals surface area contributed by atoms with E-state index in [1.165, 1.54) is 17.5 Å². The van der Waals surface area contributed by atoms with Gasteiger partial charge < -0.3 is 4.74 Å². The van der Waals surface area contributed by atoms with Crippen LogP contribution in [0.1, 0.15) is 23.4 Å². The number of nitrogens with zero attached hydrogens (tertiary/aromatic N) is 5. The monoisotopic (exact) mass is 364 g/mol. The zero-order valence-corrected chi connectivity index (χ0v) is 14.7. The van der Waals surface area contributed by atoms with Crippen molar-refractivity contribution in [2.24, 2.45) is 0 Å². The molecule has 0 bridgehead atoms. The third kappa shape index (κ3) is 2.68. The summed E-state index contributed by atoms with van der Waals surface area (Å²) in [6.07, 6.45) is 5.15. The lowest BCUT2D eigenvalue weighted by Crippen LogP contribution is -2.05. The average molecular weight is 364 g/mol. The number of rotatable bonds is 5. The van der Waals surface area contributed by atoms with Crippen molar-refractivity contribution in [1.29, 1.82) is 0 Å². The minimum atomic E-state index is 0.431. The minimum Gasteiger partial charge on any atom is -0.453 e. The van der Waals surface area contributed by atoms with Crippen LogP contribution < -0.4 is 4.74 Å². The maximum Gasteiger partial charge on any atom is 0.195 e. The first kappa shape index (κ1) is 15.3. The van der Waals surface area contributed by atoms with Gasteiger partial charge in [0.25, 0.3) is 0 Å². The van der Waals surface area contributed by atoms with E-state index in [1.54, 1.807) is 17.5 Å². The van der Waals surface area contributed by atoms with E-state index < -0.39 is 0 Å². The summed E-state index contributed by atoms with van der Waals surface area (Å²) in [5, 5.41) is 20.7. The molecule has 1 aliphatic rings. The fourth-order valence-corrected chi connectivity index (χ4v) is 4.19. The smallest absolute Gasteiger partial charge is 0.195 e. The largest absolute Gasteiger partial charge is 0.453 e. The average Bonchev–Trinajstić information content (AvgIpc) is 3.44. The van der Waals surface area contributed by atoms with E-state index >= 15 is 0 Å². The van der Waals surface area contributed by atoms with Crippen LogP contribution in [0, 0.1) is 0 Å². The van der Waals surface area contributed by atoms with E-state index in [9.17, 15) is 0 Å². The summed E-state index contributed by atoms with van der Waals surface area (Å²) in [5.74, 6) is 2.26. The van der Waals surface area contributed by atoms with E-state index in [1.807, 2.05) is 22.2 Å². The SMILES string of the molecule is c1csc(-c2c(Oc3cccc4c3CCC4)cnn2Cc2nn[nH]n2)c1. The van der Waals surface area contributed by atoms with Crippen molar-refractivity contribution in [1.82, 2.24) is 30.4 Å². The molecule has 26 heavy (non-hydrogen) atoms. The Hall–Kier alpha value is -3.00. The summed E-state index contributed by atoms with van der Waals surface area (Å²) in [6.45, 7) is 0.431. The molecule has 3 aromatic heterocycles. The highest BCUT2D eigenvalue weighted by atomic mass is 32.1. The lowest BCUT2D eigenvalue weighted by atomic mass is 10.1. The van der Waals surface area contributed by atoms with Crippen molar-refractivity contribution in [3.8, 4) is 22.1 Å². The number of thiophene rings is 1. The molecule has 1 N–H and O–H groups in total. The molecule has 8 heteroatoms. The number of benzene rings is 1. The molecule has 7 nitrogen and oxygen atoms in total. The first-order valence-electron chi connectivity index (χ1n) is 8.49. The van der Waals surface area contributed by atoms with Crippen molar-refractivity contribution in [3.05, 3.63) is 58.9 Å². The quantitative estimate of drug-likeness (QED) is 0.586. The van der Waals surface area contributed by atoms with Gasteiger partial charge in [-0.1, -0.05) is 23.4 Å².